The zero-order valence-electron chi connectivity index (χ0n) is 38.5. The molecule has 0 aliphatic heterocycles. The number of carbonyl (C=O) groups is 6. The summed E-state index contributed by atoms with van der Waals surface area (Å²) in [6, 6.07) is 21.2. The van der Waals surface area contributed by atoms with Crippen molar-refractivity contribution in [3.63, 3.8) is 0 Å². The third kappa shape index (κ3) is 19.3. The highest BCUT2D eigenvalue weighted by Crippen LogP contribution is 2.30. The van der Waals surface area contributed by atoms with E-state index >= 15 is 0 Å². The van der Waals surface area contributed by atoms with Gasteiger partial charge in [0, 0.05) is 38.2 Å². The normalized spacial score (nSPS) is 11.0. The van der Waals surface area contributed by atoms with Gasteiger partial charge in [0.1, 0.15) is 49.9 Å². The number of hydrogen-bond donors (Lipinski definition) is 0. The van der Waals surface area contributed by atoms with Crippen molar-refractivity contribution < 1.29 is 66.7 Å². The number of aryl methyl sites for hydroxylation is 2. The van der Waals surface area contributed by atoms with Crippen molar-refractivity contribution in [3.8, 4) is 22.6 Å². The van der Waals surface area contributed by atoms with Gasteiger partial charge in [0.05, 0.1) is 19.8 Å². The highest BCUT2D eigenvalue weighted by molar-refractivity contribution is 6.34. The maximum atomic E-state index is 12.7. The summed E-state index contributed by atoms with van der Waals surface area (Å²) >= 11 is 0. The lowest BCUT2D eigenvalue weighted by atomic mass is 9.92. The number of unbranched alkanes of at least 4 members (excludes halogenated alkanes) is 3. The number of benzene rings is 3. The Kier molecular flexibility index (Phi) is 23.4. The highest BCUT2D eigenvalue weighted by atomic mass is 16.6. The molecule has 0 saturated heterocycles. The number of esters is 4. The van der Waals surface area contributed by atoms with E-state index < -0.39 is 60.7 Å². The van der Waals surface area contributed by atoms with E-state index in [1.165, 1.54) is 52.4 Å². The third-order valence-corrected chi connectivity index (χ3v) is 10.1. The molecule has 0 spiro atoms. The van der Waals surface area contributed by atoms with Gasteiger partial charge >= 0.3 is 23.9 Å². The van der Waals surface area contributed by atoms with Crippen LogP contribution in [0.15, 0.2) is 91.0 Å². The number of methoxy groups -OCH3 is 2. The lowest BCUT2D eigenvalue weighted by Crippen LogP contribution is -2.45. The minimum absolute atomic E-state index is 0.000776. The van der Waals surface area contributed by atoms with E-state index in [9.17, 15) is 28.8 Å². The maximum absolute atomic E-state index is 12.7. The topological polar surface area (TPSA) is 176 Å². The molecule has 0 fully saturated rings. The van der Waals surface area contributed by atoms with Crippen LogP contribution in [0.2, 0.25) is 0 Å². The molecular weight excluding hydrogens is 837 g/mol. The Labute approximate surface area is 382 Å². The number of carbonyl (C=O) groups excluding carboxylic acids is 6. The molecule has 0 unspecified atom stereocenters. The summed E-state index contributed by atoms with van der Waals surface area (Å²) in [4.78, 5) is 75.1. The van der Waals surface area contributed by atoms with Gasteiger partial charge in [-0.25, -0.2) is 19.2 Å². The second-order valence-corrected chi connectivity index (χ2v) is 15.9. The van der Waals surface area contributed by atoms with E-state index in [1.807, 2.05) is 30.3 Å². The van der Waals surface area contributed by atoms with Crippen molar-refractivity contribution in [1.29, 1.82) is 0 Å². The van der Waals surface area contributed by atoms with Crippen LogP contribution in [0.5, 0.6) is 11.5 Å². The lowest BCUT2D eigenvalue weighted by Gasteiger charge is -2.31. The van der Waals surface area contributed by atoms with Crippen LogP contribution in [-0.2, 0) is 76.6 Å². The SMILES string of the molecule is C=C(C)C(=O)OCc1cc(CCCOc2ccc(CCCCCC)cc2)ccc1-c1ccc(OCC(COC(=O)C(=C)C)(COC(=O)C(=O)CCOC)COC(=O)C(=O)CCOC)cc1. The second-order valence-electron chi connectivity index (χ2n) is 15.9. The third-order valence-electron chi connectivity index (χ3n) is 10.1. The van der Waals surface area contributed by atoms with E-state index in [2.05, 4.69) is 32.2 Å². The summed E-state index contributed by atoms with van der Waals surface area (Å²) in [5.74, 6) is -4.28. The summed E-state index contributed by atoms with van der Waals surface area (Å²) < 4.78 is 43.7. The van der Waals surface area contributed by atoms with Gasteiger partial charge in [-0.15, -0.1) is 0 Å². The monoisotopic (exact) mass is 900 g/mol. The summed E-state index contributed by atoms with van der Waals surface area (Å²) in [7, 11) is 2.75. The number of ketones is 2. The van der Waals surface area contributed by atoms with Crippen LogP contribution in [0.3, 0.4) is 0 Å². The molecule has 3 rings (SSSR count). The Bertz CT molecular complexity index is 2020. The number of ether oxygens (including phenoxy) is 8. The zero-order valence-corrected chi connectivity index (χ0v) is 38.5. The van der Waals surface area contributed by atoms with Gasteiger partial charge in [-0.3, -0.25) is 9.59 Å². The van der Waals surface area contributed by atoms with Crippen LogP contribution < -0.4 is 9.47 Å². The van der Waals surface area contributed by atoms with Crippen molar-refractivity contribution in [1.82, 2.24) is 0 Å². The molecule has 0 aliphatic rings. The largest absolute Gasteiger partial charge is 0.494 e. The van der Waals surface area contributed by atoms with Gasteiger partial charge in [0.25, 0.3) is 0 Å². The molecule has 0 radical (unpaired) electrons. The van der Waals surface area contributed by atoms with Crippen LogP contribution >= 0.6 is 0 Å². The molecule has 0 amide bonds. The average molecular weight is 901 g/mol. The van der Waals surface area contributed by atoms with E-state index in [1.54, 1.807) is 31.2 Å². The smallest absolute Gasteiger partial charge is 0.374 e. The summed E-state index contributed by atoms with van der Waals surface area (Å²) in [6.45, 7) is 10.9. The highest BCUT2D eigenvalue weighted by Gasteiger charge is 2.39. The van der Waals surface area contributed by atoms with Crippen molar-refractivity contribution in [3.05, 3.63) is 108 Å². The summed E-state index contributed by atoms with van der Waals surface area (Å²) in [5, 5.41) is 0. The van der Waals surface area contributed by atoms with Gasteiger partial charge in [0.2, 0.25) is 11.6 Å². The molecule has 3 aromatic carbocycles. The molecule has 0 saturated carbocycles. The fourth-order valence-corrected chi connectivity index (χ4v) is 6.20. The second kappa shape index (κ2) is 28.6. The molecule has 0 atom stereocenters. The van der Waals surface area contributed by atoms with E-state index in [-0.39, 0.29) is 50.4 Å². The zero-order chi connectivity index (χ0) is 47.6. The molecule has 0 aliphatic carbocycles. The minimum atomic E-state index is -1.60. The maximum Gasteiger partial charge on any atom is 0.374 e. The molecule has 14 heteroatoms. The first-order chi connectivity index (χ1) is 31.2. The van der Waals surface area contributed by atoms with Crippen LogP contribution in [0, 0.1) is 5.41 Å². The average Bonchev–Trinajstić information content (AvgIpc) is 3.31. The fourth-order valence-electron chi connectivity index (χ4n) is 6.20. The van der Waals surface area contributed by atoms with Gasteiger partial charge < -0.3 is 37.9 Å². The van der Waals surface area contributed by atoms with Crippen molar-refractivity contribution >= 4 is 35.4 Å². The summed E-state index contributed by atoms with van der Waals surface area (Å²) in [5.41, 5.74) is 3.43. The van der Waals surface area contributed by atoms with Crippen molar-refractivity contribution in [2.75, 3.05) is 60.5 Å². The Morgan fingerprint density at radius 3 is 1.60 bits per heavy atom. The van der Waals surface area contributed by atoms with Crippen LogP contribution in [0.25, 0.3) is 11.1 Å². The first kappa shape index (κ1) is 53.2. The molecule has 0 bridgehead atoms. The first-order valence-electron chi connectivity index (χ1n) is 21.8. The van der Waals surface area contributed by atoms with Crippen LogP contribution in [0.1, 0.15) is 82.4 Å². The van der Waals surface area contributed by atoms with Gasteiger partial charge in [-0.1, -0.05) is 81.8 Å². The minimum Gasteiger partial charge on any atom is -0.494 e. The summed E-state index contributed by atoms with van der Waals surface area (Å²) in [6.07, 6.45) is 6.96. The molecule has 0 N–H and O–H groups in total. The number of hydrogen-bond acceptors (Lipinski definition) is 14. The van der Waals surface area contributed by atoms with Gasteiger partial charge in [-0.2, -0.15) is 0 Å². The van der Waals surface area contributed by atoms with E-state index in [0.29, 0.717) is 12.4 Å². The van der Waals surface area contributed by atoms with E-state index in [4.69, 9.17) is 37.9 Å². The number of Topliss-reactive ketones (excluding diaryl/α,β-unsaturated/α-hetero) is 2. The molecule has 0 aromatic heterocycles. The molecular formula is C51H64O14. The van der Waals surface area contributed by atoms with Crippen molar-refractivity contribution in [2.45, 2.75) is 85.2 Å². The Hall–Kier alpha value is -6.12. The van der Waals surface area contributed by atoms with Gasteiger partial charge in [0.15, 0.2) is 0 Å². The molecule has 3 aromatic rings. The van der Waals surface area contributed by atoms with E-state index in [0.717, 1.165) is 47.3 Å². The first-order valence-corrected chi connectivity index (χ1v) is 21.8. The standard InChI is InChI=1S/C51H64O14/c1-8-9-10-11-13-38-15-20-42(21-16-38)60-27-12-14-39-17-24-44(41(30-39)31-61-47(54)36(2)3)40-18-22-43(23-19-40)62-32-51(33-63-48(55)37(4)5,34-64-49(56)45(52)25-28-58-6)35-65-50(57)46(53)26-29-59-7/h15-24,30H,2,4,8-14,25-29,31-35H2,1,3,5-7H3. The predicted octanol–water partition coefficient (Wildman–Crippen LogP) is 7.89. The Morgan fingerprint density at radius 1 is 0.538 bits per heavy atom. The molecule has 65 heavy (non-hydrogen) atoms. The van der Waals surface area contributed by atoms with Gasteiger partial charge in [-0.05, 0) is 91.6 Å². The number of rotatable bonds is 32. The van der Waals surface area contributed by atoms with Crippen LogP contribution in [0.4, 0.5) is 0 Å². The fraction of sp³-hybridized carbons (Fsp3) is 0.451. The van der Waals surface area contributed by atoms with Crippen molar-refractivity contribution in [2.24, 2.45) is 5.41 Å². The Morgan fingerprint density at radius 2 is 1.05 bits per heavy atom. The van der Waals surface area contributed by atoms with Crippen LogP contribution in [-0.4, -0.2) is 95.9 Å². The lowest BCUT2D eigenvalue weighted by molar-refractivity contribution is -0.169. The molecule has 14 nitrogen and oxygen atoms in total. The quantitative estimate of drug-likeness (QED) is 0.0194. The Balaban J connectivity index is 1.81. The molecule has 0 heterocycles. The molecule has 352 valence electrons. The predicted molar refractivity (Wildman–Crippen MR) is 243 cm³/mol.